The molecule has 1 aromatic heterocycles. The Balaban J connectivity index is 1.72. The van der Waals surface area contributed by atoms with Crippen LogP contribution in [0.2, 0.25) is 0 Å². The number of benzene rings is 1. The van der Waals surface area contributed by atoms with Gasteiger partial charge in [-0.25, -0.2) is 9.36 Å². The Bertz CT molecular complexity index is 1020. The molecule has 1 aromatic carbocycles. The summed E-state index contributed by atoms with van der Waals surface area (Å²) in [5, 5.41) is 0. The number of carbonyl (C=O) groups is 2. The highest BCUT2D eigenvalue weighted by atomic mass is 16.5. The molecule has 8 heteroatoms. The minimum atomic E-state index is -0.613. The second kappa shape index (κ2) is 7.59. The first-order valence-corrected chi connectivity index (χ1v) is 10.4. The Hall–Kier alpha value is -3.16. The highest BCUT2D eigenvalue weighted by Crippen LogP contribution is 2.31. The Morgan fingerprint density at radius 1 is 1.20 bits per heavy atom. The van der Waals surface area contributed by atoms with Crippen LogP contribution in [0.15, 0.2) is 35.5 Å². The van der Waals surface area contributed by atoms with Crippen LogP contribution in [0.4, 0.5) is 10.7 Å². The number of imide groups is 1. The monoisotopic (exact) mass is 410 g/mol. The van der Waals surface area contributed by atoms with Crippen LogP contribution in [0.25, 0.3) is 5.69 Å². The lowest BCUT2D eigenvalue weighted by atomic mass is 10.1. The van der Waals surface area contributed by atoms with Gasteiger partial charge in [-0.3, -0.25) is 14.6 Å². The summed E-state index contributed by atoms with van der Waals surface area (Å²) in [6.07, 6.45) is 2.70. The van der Waals surface area contributed by atoms with Gasteiger partial charge in [0.05, 0.1) is 6.61 Å². The number of hydrogen-bond acceptors (Lipinski definition) is 4. The van der Waals surface area contributed by atoms with Crippen molar-refractivity contribution in [2.24, 2.45) is 10.9 Å². The first-order chi connectivity index (χ1) is 14.3. The largest absolute Gasteiger partial charge is 0.494 e. The van der Waals surface area contributed by atoms with E-state index in [1.165, 1.54) is 9.80 Å². The molecule has 2 aliphatic heterocycles. The lowest BCUT2D eigenvalue weighted by Gasteiger charge is -2.33. The maximum Gasteiger partial charge on any atom is 0.406 e. The number of ether oxygens (including phenoxy) is 1. The summed E-state index contributed by atoms with van der Waals surface area (Å²) >= 11 is 0. The number of urea groups is 1. The number of carbonyl (C=O) groups excluding carboxylic acids is 2. The number of aromatic nitrogens is 2. The maximum absolute atomic E-state index is 13.3. The molecule has 8 nitrogen and oxygen atoms in total. The molecule has 3 heterocycles. The number of rotatable bonds is 6. The molecule has 30 heavy (non-hydrogen) atoms. The van der Waals surface area contributed by atoms with E-state index in [0.717, 1.165) is 23.6 Å². The average molecular weight is 410 g/mol. The molecule has 0 aliphatic carbocycles. The van der Waals surface area contributed by atoms with Crippen LogP contribution in [0.5, 0.6) is 5.75 Å². The Labute approximate surface area is 176 Å². The minimum Gasteiger partial charge on any atom is -0.494 e. The number of imidazole rings is 1. The predicted molar refractivity (Wildman–Crippen MR) is 112 cm³/mol. The second-order valence-corrected chi connectivity index (χ2v) is 8.13. The van der Waals surface area contributed by atoms with Gasteiger partial charge in [0, 0.05) is 13.6 Å². The summed E-state index contributed by atoms with van der Waals surface area (Å²) in [4.78, 5) is 33.6. The van der Waals surface area contributed by atoms with Gasteiger partial charge < -0.3 is 4.74 Å². The number of amidine groups is 1. The molecule has 0 spiro atoms. The molecule has 3 amide bonds. The van der Waals surface area contributed by atoms with Crippen molar-refractivity contribution in [2.75, 3.05) is 20.2 Å². The average Bonchev–Trinajstić information content (AvgIpc) is 3.21. The van der Waals surface area contributed by atoms with Gasteiger partial charge in [-0.1, -0.05) is 18.8 Å². The smallest absolute Gasteiger partial charge is 0.406 e. The van der Waals surface area contributed by atoms with Crippen molar-refractivity contribution in [1.82, 2.24) is 14.4 Å². The minimum absolute atomic E-state index is 0.218. The van der Waals surface area contributed by atoms with Gasteiger partial charge in [-0.2, -0.15) is 4.57 Å². The van der Waals surface area contributed by atoms with Crippen LogP contribution in [-0.4, -0.2) is 52.3 Å². The van der Waals surface area contributed by atoms with Crippen molar-refractivity contribution in [3.63, 3.8) is 0 Å². The van der Waals surface area contributed by atoms with E-state index in [-0.39, 0.29) is 11.9 Å². The lowest BCUT2D eigenvalue weighted by molar-refractivity contribution is -0.676. The van der Waals surface area contributed by atoms with E-state index in [2.05, 4.69) is 13.8 Å². The molecule has 1 fully saturated rings. The summed E-state index contributed by atoms with van der Waals surface area (Å²) < 4.78 is 9.39. The molecule has 1 atom stereocenters. The third kappa shape index (κ3) is 3.16. The number of aliphatic imine (C=N–C) groups is 1. The van der Waals surface area contributed by atoms with Crippen LogP contribution in [0.3, 0.4) is 0 Å². The standard InChI is InChI=1S/C22H28N5O3/c1-6-30-17-9-7-16(8-10-17)27-15(4)13-26-18-19(23-21(26)27)24(5)22(29)25(20(18)28)12-11-14(2)3/h7-10,13-14,18H,6,11-12H2,1-5H3/q+1. The summed E-state index contributed by atoms with van der Waals surface area (Å²) in [6, 6.07) is 6.83. The summed E-state index contributed by atoms with van der Waals surface area (Å²) in [5.41, 5.74) is 1.88. The van der Waals surface area contributed by atoms with Gasteiger partial charge in [0.15, 0.2) is 0 Å². The fourth-order valence-corrected chi connectivity index (χ4v) is 3.95. The quantitative estimate of drug-likeness (QED) is 0.688. The number of fused-ring (bicyclic) bond motifs is 3. The fourth-order valence-electron chi connectivity index (χ4n) is 3.95. The molecule has 0 saturated carbocycles. The van der Waals surface area contributed by atoms with Crippen molar-refractivity contribution in [1.29, 1.82) is 0 Å². The summed E-state index contributed by atoms with van der Waals surface area (Å²) in [6.45, 7) is 9.12. The van der Waals surface area contributed by atoms with Gasteiger partial charge in [0.2, 0.25) is 11.9 Å². The van der Waals surface area contributed by atoms with Gasteiger partial charge in [-0.05, 0) is 50.5 Å². The first-order valence-electron chi connectivity index (χ1n) is 10.4. The molecular formula is C22H28N5O3+. The van der Waals surface area contributed by atoms with Crippen LogP contribution < -0.4 is 9.30 Å². The zero-order valence-electron chi connectivity index (χ0n) is 18.1. The number of likely N-dealkylation sites (N-methyl/N-ethyl adjacent to an activating group) is 1. The van der Waals surface area contributed by atoms with Crippen LogP contribution in [-0.2, 0) is 4.79 Å². The number of hydrogen-bond donors (Lipinski definition) is 0. The van der Waals surface area contributed by atoms with Crippen molar-refractivity contribution in [3.05, 3.63) is 36.2 Å². The summed E-state index contributed by atoms with van der Waals surface area (Å²) in [5.74, 6) is 2.10. The molecule has 1 unspecified atom stereocenters. The topological polar surface area (TPSA) is 71.0 Å². The van der Waals surface area contributed by atoms with Crippen LogP contribution in [0.1, 0.15) is 38.9 Å². The number of amides is 3. The molecular weight excluding hydrogens is 382 g/mol. The van der Waals surface area contributed by atoms with E-state index in [0.29, 0.717) is 30.9 Å². The molecule has 0 N–H and O–H groups in total. The zero-order chi connectivity index (χ0) is 21.6. The Morgan fingerprint density at radius 2 is 1.90 bits per heavy atom. The normalized spacial score (nSPS) is 18.1. The predicted octanol–water partition coefficient (Wildman–Crippen LogP) is 3.00. The molecule has 0 radical (unpaired) electrons. The van der Waals surface area contributed by atoms with Gasteiger partial charge in [0.25, 0.3) is 5.91 Å². The van der Waals surface area contributed by atoms with E-state index < -0.39 is 6.04 Å². The van der Waals surface area contributed by atoms with E-state index in [1.54, 1.807) is 7.05 Å². The highest BCUT2D eigenvalue weighted by molar-refractivity contribution is 6.19. The number of aryl methyl sites for hydroxylation is 1. The molecule has 2 aliphatic rings. The van der Waals surface area contributed by atoms with Crippen molar-refractivity contribution < 1.29 is 18.9 Å². The van der Waals surface area contributed by atoms with E-state index in [4.69, 9.17) is 9.73 Å². The van der Waals surface area contributed by atoms with E-state index in [9.17, 15) is 9.59 Å². The third-order valence-corrected chi connectivity index (χ3v) is 5.54. The highest BCUT2D eigenvalue weighted by Gasteiger charge is 2.53. The van der Waals surface area contributed by atoms with Gasteiger partial charge >= 0.3 is 12.0 Å². The Kier molecular flexibility index (Phi) is 5.09. The third-order valence-electron chi connectivity index (χ3n) is 5.54. The number of nitrogens with zero attached hydrogens (tertiary/aromatic N) is 5. The van der Waals surface area contributed by atoms with Crippen LogP contribution >= 0.6 is 0 Å². The maximum atomic E-state index is 13.3. The van der Waals surface area contributed by atoms with Crippen molar-refractivity contribution >= 4 is 23.7 Å². The van der Waals surface area contributed by atoms with Crippen LogP contribution in [0, 0.1) is 12.8 Å². The zero-order valence-corrected chi connectivity index (χ0v) is 18.1. The van der Waals surface area contributed by atoms with Crippen molar-refractivity contribution in [2.45, 2.75) is 40.2 Å². The summed E-state index contributed by atoms with van der Waals surface area (Å²) in [7, 11) is 1.68. The van der Waals surface area contributed by atoms with E-state index in [1.807, 2.05) is 53.4 Å². The Morgan fingerprint density at radius 3 is 2.53 bits per heavy atom. The SMILES string of the molecule is CCOc1ccc(-n2c(C)c[n+]3c2N=C2C3C(=O)N(CCC(C)C)C(=O)N2C)cc1. The molecule has 0 bridgehead atoms. The lowest BCUT2D eigenvalue weighted by Crippen LogP contribution is -2.62. The van der Waals surface area contributed by atoms with Gasteiger partial charge in [0.1, 0.15) is 23.3 Å². The fraction of sp³-hybridized carbons (Fsp3) is 0.455. The molecule has 2 aromatic rings. The second-order valence-electron chi connectivity index (χ2n) is 8.13. The first kappa shape index (κ1) is 20.1. The van der Waals surface area contributed by atoms with Crippen molar-refractivity contribution in [3.8, 4) is 11.4 Å². The van der Waals surface area contributed by atoms with E-state index >= 15 is 0 Å². The molecule has 4 rings (SSSR count). The molecule has 1 saturated heterocycles. The molecule has 158 valence electrons. The van der Waals surface area contributed by atoms with Gasteiger partial charge in [-0.15, -0.1) is 0 Å².